The average molecular weight is 410 g/mol. The summed E-state index contributed by atoms with van der Waals surface area (Å²) in [6, 6.07) is 16.0. The van der Waals surface area contributed by atoms with Gasteiger partial charge in [-0.25, -0.2) is 5.01 Å². The van der Waals surface area contributed by atoms with Crippen molar-refractivity contribution in [3.05, 3.63) is 70.2 Å². The van der Waals surface area contributed by atoms with Crippen LogP contribution in [-0.2, 0) is 4.79 Å². The third-order valence-electron chi connectivity index (χ3n) is 6.05. The van der Waals surface area contributed by atoms with Gasteiger partial charge in [-0.05, 0) is 50.4 Å². The van der Waals surface area contributed by atoms with Crippen molar-refractivity contribution >= 4 is 23.2 Å². The maximum absolute atomic E-state index is 13.3. The van der Waals surface area contributed by atoms with Gasteiger partial charge in [-0.1, -0.05) is 66.6 Å². The number of hydrogen-bond acceptors (Lipinski definition) is 3. The Kier molecular flexibility index (Phi) is 6.02. The van der Waals surface area contributed by atoms with Crippen molar-refractivity contribution in [1.82, 2.24) is 9.91 Å². The maximum Gasteiger partial charge on any atom is 0.257 e. The van der Waals surface area contributed by atoms with Crippen LogP contribution in [0, 0.1) is 12.8 Å². The van der Waals surface area contributed by atoms with Crippen molar-refractivity contribution < 1.29 is 4.79 Å². The molecule has 152 valence electrons. The Morgan fingerprint density at radius 1 is 1.10 bits per heavy atom. The molecule has 2 heterocycles. The smallest absolute Gasteiger partial charge is 0.257 e. The molecule has 2 aliphatic heterocycles. The number of carbonyl (C=O) groups excluding carboxylic acids is 1. The van der Waals surface area contributed by atoms with Crippen molar-refractivity contribution in [3.8, 4) is 0 Å². The first-order chi connectivity index (χ1) is 14.0. The monoisotopic (exact) mass is 409 g/mol. The minimum Gasteiger partial charge on any atom is -0.294 e. The van der Waals surface area contributed by atoms with Crippen LogP contribution in [0.15, 0.2) is 53.6 Å². The van der Waals surface area contributed by atoms with Gasteiger partial charge in [0.15, 0.2) is 0 Å². The summed E-state index contributed by atoms with van der Waals surface area (Å²) >= 11 is 6.42. The molecule has 1 saturated heterocycles. The quantitative estimate of drug-likeness (QED) is 0.707. The predicted molar refractivity (Wildman–Crippen MR) is 118 cm³/mol. The number of benzene rings is 2. The van der Waals surface area contributed by atoms with E-state index < -0.39 is 0 Å². The van der Waals surface area contributed by atoms with Crippen molar-refractivity contribution in [2.75, 3.05) is 19.6 Å². The number of nitrogens with zero attached hydrogens (tertiary/aromatic N) is 3. The van der Waals surface area contributed by atoms with Gasteiger partial charge in [0.25, 0.3) is 5.91 Å². The lowest BCUT2D eigenvalue weighted by atomic mass is 9.97. The highest BCUT2D eigenvalue weighted by Gasteiger charge is 2.34. The van der Waals surface area contributed by atoms with Crippen LogP contribution in [0.25, 0.3) is 0 Å². The number of aryl methyl sites for hydroxylation is 1. The van der Waals surface area contributed by atoms with E-state index in [4.69, 9.17) is 16.7 Å². The summed E-state index contributed by atoms with van der Waals surface area (Å²) in [6.07, 6.45) is 2.99. The van der Waals surface area contributed by atoms with E-state index in [1.807, 2.05) is 24.3 Å². The van der Waals surface area contributed by atoms with Crippen LogP contribution in [-0.4, -0.2) is 41.2 Å². The summed E-state index contributed by atoms with van der Waals surface area (Å²) in [5.74, 6) is 0.811. The topological polar surface area (TPSA) is 35.9 Å². The number of likely N-dealkylation sites (tertiary alicyclic amines) is 1. The molecule has 29 heavy (non-hydrogen) atoms. The lowest BCUT2D eigenvalue weighted by Crippen LogP contribution is -2.41. The zero-order valence-electron chi connectivity index (χ0n) is 17.1. The molecule has 2 aromatic carbocycles. The van der Waals surface area contributed by atoms with Crippen LogP contribution in [0.2, 0.25) is 5.02 Å². The minimum atomic E-state index is -0.0851. The molecule has 2 aromatic rings. The fraction of sp³-hybridized carbons (Fsp3) is 0.417. The van der Waals surface area contributed by atoms with Crippen LogP contribution in [0.4, 0.5) is 0 Å². The first kappa shape index (κ1) is 20.1. The number of halogens is 1. The summed E-state index contributed by atoms with van der Waals surface area (Å²) in [4.78, 5) is 15.5. The van der Waals surface area contributed by atoms with E-state index in [1.165, 1.54) is 5.56 Å². The molecule has 0 aromatic heterocycles. The second kappa shape index (κ2) is 8.68. The van der Waals surface area contributed by atoms with Crippen LogP contribution in [0.1, 0.15) is 48.9 Å². The summed E-state index contributed by atoms with van der Waals surface area (Å²) in [7, 11) is 0. The molecule has 1 atom stereocenters. The third-order valence-corrected chi connectivity index (χ3v) is 6.38. The normalized spacial score (nSPS) is 20.7. The molecular weight excluding hydrogens is 382 g/mol. The predicted octanol–water partition coefficient (Wildman–Crippen LogP) is 5.06. The van der Waals surface area contributed by atoms with Crippen molar-refractivity contribution in [2.45, 2.75) is 39.2 Å². The molecule has 0 bridgehead atoms. The molecule has 1 amide bonds. The van der Waals surface area contributed by atoms with Gasteiger partial charge < -0.3 is 0 Å². The largest absolute Gasteiger partial charge is 0.294 e. The SMILES string of the molecule is Cc1ccc(C2CC(c3ccccc3Cl)=NN2C(=O)CN2CCC(C)CC2)cc1. The molecule has 0 spiro atoms. The molecule has 4 rings (SSSR count). The Hall–Kier alpha value is -2.17. The lowest BCUT2D eigenvalue weighted by Gasteiger charge is -2.31. The van der Waals surface area contributed by atoms with Crippen LogP contribution in [0.3, 0.4) is 0 Å². The van der Waals surface area contributed by atoms with E-state index >= 15 is 0 Å². The number of carbonyl (C=O) groups is 1. The highest BCUT2D eigenvalue weighted by molar-refractivity contribution is 6.34. The third kappa shape index (κ3) is 4.54. The average Bonchev–Trinajstić information content (AvgIpc) is 3.16. The zero-order valence-corrected chi connectivity index (χ0v) is 17.9. The van der Waals surface area contributed by atoms with E-state index in [2.05, 4.69) is 43.0 Å². The van der Waals surface area contributed by atoms with E-state index in [-0.39, 0.29) is 11.9 Å². The van der Waals surface area contributed by atoms with Gasteiger partial charge in [0.05, 0.1) is 18.3 Å². The highest BCUT2D eigenvalue weighted by atomic mass is 35.5. The number of rotatable bonds is 4. The fourth-order valence-electron chi connectivity index (χ4n) is 4.13. The van der Waals surface area contributed by atoms with Crippen LogP contribution < -0.4 is 0 Å². The van der Waals surface area contributed by atoms with E-state index in [1.54, 1.807) is 5.01 Å². The Labute approximate surface area is 178 Å². The molecule has 1 unspecified atom stereocenters. The molecular formula is C24H28ClN3O. The van der Waals surface area contributed by atoms with Crippen LogP contribution in [0.5, 0.6) is 0 Å². The van der Waals surface area contributed by atoms with Gasteiger partial charge in [-0.3, -0.25) is 9.69 Å². The maximum atomic E-state index is 13.3. The van der Waals surface area contributed by atoms with Crippen molar-refractivity contribution in [2.24, 2.45) is 11.0 Å². The number of hydrogen-bond donors (Lipinski definition) is 0. The van der Waals surface area contributed by atoms with Gasteiger partial charge in [0, 0.05) is 17.0 Å². The summed E-state index contributed by atoms with van der Waals surface area (Å²) in [6.45, 7) is 6.75. The van der Waals surface area contributed by atoms with E-state index in [0.717, 1.165) is 48.7 Å². The second-order valence-corrected chi connectivity index (χ2v) is 8.76. The lowest BCUT2D eigenvalue weighted by molar-refractivity contribution is -0.134. The Morgan fingerprint density at radius 2 is 1.79 bits per heavy atom. The van der Waals surface area contributed by atoms with Gasteiger partial charge in [0.2, 0.25) is 0 Å². The van der Waals surface area contributed by atoms with E-state index in [0.29, 0.717) is 18.0 Å². The number of hydrazone groups is 1. The number of amides is 1. The molecule has 1 fully saturated rings. The summed E-state index contributed by atoms with van der Waals surface area (Å²) in [5, 5.41) is 7.14. The Bertz CT molecular complexity index is 901. The first-order valence-electron chi connectivity index (χ1n) is 10.4. The zero-order chi connectivity index (χ0) is 20.4. The number of piperidine rings is 1. The molecule has 5 heteroatoms. The van der Waals surface area contributed by atoms with Gasteiger partial charge in [-0.2, -0.15) is 5.10 Å². The standard InChI is InChI=1S/C24H28ClN3O/c1-17-7-9-19(10-8-17)23-15-22(20-5-3-4-6-21(20)25)26-28(23)24(29)16-27-13-11-18(2)12-14-27/h3-10,18,23H,11-16H2,1-2H3. The van der Waals surface area contributed by atoms with Gasteiger partial charge in [0.1, 0.15) is 0 Å². The summed E-state index contributed by atoms with van der Waals surface area (Å²) in [5.41, 5.74) is 4.11. The molecule has 0 N–H and O–H groups in total. The Balaban J connectivity index is 1.59. The van der Waals surface area contributed by atoms with Gasteiger partial charge in [-0.15, -0.1) is 0 Å². The molecule has 2 aliphatic rings. The highest BCUT2D eigenvalue weighted by Crippen LogP contribution is 2.34. The van der Waals surface area contributed by atoms with Gasteiger partial charge >= 0.3 is 0 Å². The fourth-order valence-corrected chi connectivity index (χ4v) is 4.38. The Morgan fingerprint density at radius 3 is 2.48 bits per heavy atom. The molecule has 4 nitrogen and oxygen atoms in total. The second-order valence-electron chi connectivity index (χ2n) is 8.35. The van der Waals surface area contributed by atoms with E-state index in [9.17, 15) is 4.79 Å². The summed E-state index contributed by atoms with van der Waals surface area (Å²) < 4.78 is 0. The molecule has 0 aliphatic carbocycles. The minimum absolute atomic E-state index is 0.0622. The van der Waals surface area contributed by atoms with Crippen molar-refractivity contribution in [1.29, 1.82) is 0 Å². The molecule has 0 radical (unpaired) electrons. The molecule has 0 saturated carbocycles. The van der Waals surface area contributed by atoms with Crippen LogP contribution >= 0.6 is 11.6 Å². The van der Waals surface area contributed by atoms with Crippen molar-refractivity contribution in [3.63, 3.8) is 0 Å². The first-order valence-corrected chi connectivity index (χ1v) is 10.8.